The second-order valence-corrected chi connectivity index (χ2v) is 6.59. The van der Waals surface area contributed by atoms with Crippen molar-refractivity contribution in [3.63, 3.8) is 0 Å². The molecule has 3 heteroatoms. The number of hydrogen-bond donors (Lipinski definition) is 1. The summed E-state index contributed by atoms with van der Waals surface area (Å²) < 4.78 is 0. The van der Waals surface area contributed by atoms with Gasteiger partial charge in [-0.1, -0.05) is 12.1 Å². The molecule has 1 amide bonds. The summed E-state index contributed by atoms with van der Waals surface area (Å²) in [5.74, 6) is 3.91. The normalized spacial score (nSPS) is 38.1. The molecule has 0 heterocycles. The van der Waals surface area contributed by atoms with Gasteiger partial charge in [-0.25, -0.2) is 0 Å². The van der Waals surface area contributed by atoms with Crippen LogP contribution in [0.25, 0.3) is 0 Å². The highest BCUT2D eigenvalue weighted by Gasteiger charge is 2.65. The van der Waals surface area contributed by atoms with E-state index in [1.807, 2.05) is 24.3 Å². The lowest BCUT2D eigenvalue weighted by atomic mass is 10.0. The fourth-order valence-corrected chi connectivity index (χ4v) is 4.72. The number of carbonyl (C=O) groups is 1. The maximum absolute atomic E-state index is 12.3. The second kappa shape index (κ2) is 4.24. The lowest BCUT2D eigenvalue weighted by molar-refractivity contribution is 0.0944. The Bertz CT molecular complexity index is 513. The van der Waals surface area contributed by atoms with Gasteiger partial charge < -0.3 is 5.32 Å². The van der Waals surface area contributed by atoms with Gasteiger partial charge in [0.25, 0.3) is 5.91 Å². The van der Waals surface area contributed by atoms with Crippen LogP contribution in [-0.4, -0.2) is 11.9 Å². The fourth-order valence-electron chi connectivity index (χ4n) is 4.55. The van der Waals surface area contributed by atoms with E-state index in [4.69, 9.17) is 11.6 Å². The first-order valence-electron chi connectivity index (χ1n) is 7.23. The number of benzene rings is 1. The average molecular weight is 276 g/mol. The van der Waals surface area contributed by atoms with Crippen LogP contribution in [0.3, 0.4) is 0 Å². The molecule has 3 saturated carbocycles. The first kappa shape index (κ1) is 11.8. The summed E-state index contributed by atoms with van der Waals surface area (Å²) in [6, 6.07) is 8.09. The molecule has 0 aromatic heterocycles. The molecule has 4 atom stereocenters. The Morgan fingerprint density at radius 3 is 2.68 bits per heavy atom. The van der Waals surface area contributed by atoms with E-state index in [9.17, 15) is 4.79 Å². The van der Waals surface area contributed by atoms with Crippen LogP contribution >= 0.6 is 11.6 Å². The van der Waals surface area contributed by atoms with Crippen LogP contribution < -0.4 is 5.32 Å². The summed E-state index contributed by atoms with van der Waals surface area (Å²) in [6.07, 6.45) is 4.20. The van der Waals surface area contributed by atoms with Gasteiger partial charge >= 0.3 is 0 Å². The smallest absolute Gasteiger partial charge is 0.251 e. The molecule has 3 fully saturated rings. The van der Waals surface area contributed by atoms with Crippen LogP contribution in [0.1, 0.15) is 35.2 Å². The van der Waals surface area contributed by atoms with Crippen molar-refractivity contribution in [2.45, 2.75) is 31.2 Å². The maximum Gasteiger partial charge on any atom is 0.251 e. The summed E-state index contributed by atoms with van der Waals surface area (Å²) in [4.78, 5) is 12.3. The van der Waals surface area contributed by atoms with Crippen molar-refractivity contribution in [2.75, 3.05) is 0 Å². The van der Waals surface area contributed by atoms with Crippen molar-refractivity contribution >= 4 is 17.5 Å². The summed E-state index contributed by atoms with van der Waals surface area (Å²) in [5, 5.41) is 3.24. The van der Waals surface area contributed by atoms with Gasteiger partial charge in [0.15, 0.2) is 0 Å². The van der Waals surface area contributed by atoms with E-state index in [0.29, 0.717) is 11.9 Å². The molecule has 19 heavy (non-hydrogen) atoms. The Morgan fingerprint density at radius 1 is 1.26 bits per heavy atom. The van der Waals surface area contributed by atoms with Crippen LogP contribution in [0.2, 0.25) is 0 Å². The molecule has 4 rings (SSSR count). The highest BCUT2D eigenvalue weighted by Crippen LogP contribution is 2.65. The summed E-state index contributed by atoms with van der Waals surface area (Å²) in [5.41, 5.74) is 1.75. The van der Waals surface area contributed by atoms with E-state index in [0.717, 1.165) is 34.8 Å². The zero-order chi connectivity index (χ0) is 13.0. The van der Waals surface area contributed by atoms with Gasteiger partial charge in [0.05, 0.1) is 0 Å². The summed E-state index contributed by atoms with van der Waals surface area (Å²) >= 11 is 5.81. The fraction of sp³-hybridized carbons (Fsp3) is 0.562. The number of fused-ring (bicyclic) bond motifs is 5. The van der Waals surface area contributed by atoms with Gasteiger partial charge in [-0.3, -0.25) is 4.79 Å². The SMILES string of the molecule is O=C(NC1C2C3CCC(C3)C12)c1cccc(CCl)c1. The number of hydrogen-bond acceptors (Lipinski definition) is 1. The third-order valence-electron chi connectivity index (χ3n) is 5.38. The Balaban J connectivity index is 1.45. The molecule has 1 aromatic rings. The Morgan fingerprint density at radius 2 is 2.00 bits per heavy atom. The summed E-state index contributed by atoms with van der Waals surface area (Å²) in [7, 11) is 0. The van der Waals surface area contributed by atoms with Crippen LogP contribution in [-0.2, 0) is 5.88 Å². The molecule has 1 N–H and O–H groups in total. The zero-order valence-electron chi connectivity index (χ0n) is 10.8. The summed E-state index contributed by atoms with van der Waals surface area (Å²) in [6.45, 7) is 0. The first-order chi connectivity index (χ1) is 9.28. The number of rotatable bonds is 3. The topological polar surface area (TPSA) is 29.1 Å². The zero-order valence-corrected chi connectivity index (χ0v) is 11.6. The van der Waals surface area contributed by atoms with Crippen LogP contribution in [0.5, 0.6) is 0 Å². The quantitative estimate of drug-likeness (QED) is 0.844. The van der Waals surface area contributed by atoms with Gasteiger partial charge in [0, 0.05) is 17.5 Å². The second-order valence-electron chi connectivity index (χ2n) is 6.32. The van der Waals surface area contributed by atoms with Crippen LogP contribution in [0.4, 0.5) is 0 Å². The van der Waals surface area contributed by atoms with E-state index < -0.39 is 0 Å². The number of carbonyl (C=O) groups excluding carboxylic acids is 1. The minimum absolute atomic E-state index is 0.0748. The number of halogens is 1. The minimum atomic E-state index is 0.0748. The molecular formula is C16H18ClNO. The van der Waals surface area contributed by atoms with Crippen molar-refractivity contribution in [1.82, 2.24) is 5.32 Å². The number of nitrogens with one attached hydrogen (secondary N) is 1. The van der Waals surface area contributed by atoms with Crippen molar-refractivity contribution in [2.24, 2.45) is 23.7 Å². The van der Waals surface area contributed by atoms with E-state index >= 15 is 0 Å². The maximum atomic E-state index is 12.3. The highest BCUT2D eigenvalue weighted by molar-refractivity contribution is 6.17. The predicted octanol–water partition coefficient (Wildman–Crippen LogP) is 3.20. The van der Waals surface area contributed by atoms with Crippen molar-refractivity contribution in [3.05, 3.63) is 35.4 Å². The number of alkyl halides is 1. The monoisotopic (exact) mass is 275 g/mol. The molecule has 2 nitrogen and oxygen atoms in total. The largest absolute Gasteiger partial charge is 0.349 e. The molecule has 0 saturated heterocycles. The highest BCUT2D eigenvalue weighted by atomic mass is 35.5. The van der Waals surface area contributed by atoms with Crippen molar-refractivity contribution < 1.29 is 4.79 Å². The lowest BCUT2D eigenvalue weighted by Gasteiger charge is -2.11. The molecule has 3 aliphatic rings. The third kappa shape index (κ3) is 1.80. The molecule has 0 radical (unpaired) electrons. The molecule has 0 aliphatic heterocycles. The molecule has 100 valence electrons. The first-order valence-corrected chi connectivity index (χ1v) is 7.77. The standard InChI is InChI=1S/C16H18ClNO/c17-8-9-2-1-3-12(6-9)16(19)18-15-13-10-4-5-11(7-10)14(13)15/h1-3,6,10-11,13-15H,4-5,7-8H2,(H,18,19). The molecule has 2 bridgehead atoms. The molecular weight excluding hydrogens is 258 g/mol. The van der Waals surface area contributed by atoms with Gasteiger partial charge in [-0.2, -0.15) is 0 Å². The molecule has 4 unspecified atom stereocenters. The average Bonchev–Trinajstić information content (AvgIpc) is 2.85. The van der Waals surface area contributed by atoms with Gasteiger partial charge in [-0.05, 0) is 60.6 Å². The van der Waals surface area contributed by atoms with Crippen LogP contribution in [0, 0.1) is 23.7 Å². The van der Waals surface area contributed by atoms with Gasteiger partial charge in [0.2, 0.25) is 0 Å². The molecule has 3 aliphatic carbocycles. The Kier molecular flexibility index (Phi) is 2.63. The molecule has 0 spiro atoms. The third-order valence-corrected chi connectivity index (χ3v) is 5.69. The Hall–Kier alpha value is -1.02. The lowest BCUT2D eigenvalue weighted by Crippen LogP contribution is -2.29. The van der Waals surface area contributed by atoms with E-state index in [1.165, 1.54) is 19.3 Å². The van der Waals surface area contributed by atoms with Crippen LogP contribution in [0.15, 0.2) is 24.3 Å². The molecule has 1 aromatic carbocycles. The van der Waals surface area contributed by atoms with Crippen molar-refractivity contribution in [1.29, 1.82) is 0 Å². The van der Waals surface area contributed by atoms with Gasteiger partial charge in [-0.15, -0.1) is 11.6 Å². The van der Waals surface area contributed by atoms with Crippen molar-refractivity contribution in [3.8, 4) is 0 Å². The Labute approximate surface area is 118 Å². The number of amides is 1. The van der Waals surface area contributed by atoms with E-state index in [1.54, 1.807) is 0 Å². The predicted molar refractivity (Wildman–Crippen MR) is 75.1 cm³/mol. The van der Waals surface area contributed by atoms with Gasteiger partial charge in [0.1, 0.15) is 0 Å². The minimum Gasteiger partial charge on any atom is -0.349 e. The van der Waals surface area contributed by atoms with E-state index in [-0.39, 0.29) is 5.91 Å². The van der Waals surface area contributed by atoms with E-state index in [2.05, 4.69) is 5.32 Å².